The van der Waals surface area contributed by atoms with Crippen molar-refractivity contribution in [3.8, 4) is 0 Å². The summed E-state index contributed by atoms with van der Waals surface area (Å²) in [5, 5.41) is 0. The average Bonchev–Trinajstić information content (AvgIpc) is 2.28. The molecule has 0 radical (unpaired) electrons. The van der Waals surface area contributed by atoms with Crippen LogP contribution < -0.4 is 10.5 Å². The van der Waals surface area contributed by atoms with Crippen molar-refractivity contribution >= 4 is 15.7 Å². The van der Waals surface area contributed by atoms with Crippen molar-refractivity contribution < 1.29 is 8.42 Å². The number of hydrogen-bond acceptors (Lipinski definition) is 3. The summed E-state index contributed by atoms with van der Waals surface area (Å²) >= 11 is 0. The number of hydrogen-bond donors (Lipinski definition) is 2. The van der Waals surface area contributed by atoms with Crippen LogP contribution in [0.4, 0.5) is 5.69 Å². The highest BCUT2D eigenvalue weighted by atomic mass is 32.2. The summed E-state index contributed by atoms with van der Waals surface area (Å²) in [4.78, 5) is 0. The standard InChI is InChI=1S/C14H24N2O2S/c1-11(14(2,3)4)9-16-19(17,18)10-12-7-5-6-8-13(12)15/h5-8,11,16H,9-10,15H2,1-4H3. The molecule has 0 aromatic heterocycles. The molecule has 108 valence electrons. The molecular formula is C14H24N2O2S. The minimum absolute atomic E-state index is 0.0729. The van der Waals surface area contributed by atoms with Crippen molar-refractivity contribution in [2.75, 3.05) is 12.3 Å². The van der Waals surface area contributed by atoms with E-state index in [-0.39, 0.29) is 17.1 Å². The molecule has 0 aliphatic rings. The van der Waals surface area contributed by atoms with Crippen molar-refractivity contribution in [2.45, 2.75) is 33.4 Å². The minimum Gasteiger partial charge on any atom is -0.398 e. The average molecular weight is 284 g/mol. The normalized spacial score (nSPS) is 14.3. The fourth-order valence-corrected chi connectivity index (χ4v) is 2.76. The molecule has 1 unspecified atom stereocenters. The van der Waals surface area contributed by atoms with Crippen LogP contribution in [0.15, 0.2) is 24.3 Å². The topological polar surface area (TPSA) is 72.2 Å². The molecular weight excluding hydrogens is 260 g/mol. The molecule has 0 bridgehead atoms. The lowest BCUT2D eigenvalue weighted by Crippen LogP contribution is -2.34. The van der Waals surface area contributed by atoms with E-state index in [9.17, 15) is 8.42 Å². The highest BCUT2D eigenvalue weighted by molar-refractivity contribution is 7.88. The number of rotatable bonds is 5. The number of nitrogens with two attached hydrogens (primary N) is 1. The van der Waals surface area contributed by atoms with E-state index in [0.717, 1.165) is 0 Å². The van der Waals surface area contributed by atoms with Crippen molar-refractivity contribution in [3.63, 3.8) is 0 Å². The molecule has 4 nitrogen and oxygen atoms in total. The van der Waals surface area contributed by atoms with Crippen molar-refractivity contribution in [1.82, 2.24) is 4.72 Å². The molecule has 0 aliphatic heterocycles. The van der Waals surface area contributed by atoms with Crippen LogP contribution in [-0.2, 0) is 15.8 Å². The Morgan fingerprint density at radius 2 is 1.84 bits per heavy atom. The van der Waals surface area contributed by atoms with Crippen molar-refractivity contribution in [3.05, 3.63) is 29.8 Å². The number of nitrogens with one attached hydrogen (secondary N) is 1. The second kappa shape index (κ2) is 5.92. The monoisotopic (exact) mass is 284 g/mol. The third-order valence-corrected chi connectivity index (χ3v) is 4.79. The Morgan fingerprint density at radius 1 is 1.26 bits per heavy atom. The maximum absolute atomic E-state index is 12.0. The van der Waals surface area contributed by atoms with Gasteiger partial charge in [0.1, 0.15) is 0 Å². The van der Waals surface area contributed by atoms with E-state index in [2.05, 4.69) is 25.5 Å². The molecule has 1 rings (SSSR count). The maximum Gasteiger partial charge on any atom is 0.215 e. The van der Waals surface area contributed by atoms with Crippen LogP contribution in [0.25, 0.3) is 0 Å². The van der Waals surface area contributed by atoms with Crippen LogP contribution in [0.2, 0.25) is 0 Å². The SMILES string of the molecule is CC(CNS(=O)(=O)Cc1ccccc1N)C(C)(C)C. The van der Waals surface area contributed by atoms with Gasteiger partial charge in [0.2, 0.25) is 10.0 Å². The van der Waals surface area contributed by atoms with E-state index >= 15 is 0 Å². The number of para-hydroxylation sites is 1. The van der Waals surface area contributed by atoms with Gasteiger partial charge in [-0.25, -0.2) is 13.1 Å². The Balaban J connectivity index is 2.66. The molecule has 0 saturated carbocycles. The van der Waals surface area contributed by atoms with Crippen LogP contribution in [0.5, 0.6) is 0 Å². The van der Waals surface area contributed by atoms with Crippen molar-refractivity contribution in [1.29, 1.82) is 0 Å². The fourth-order valence-electron chi connectivity index (χ4n) is 1.48. The Labute approximate surface area is 116 Å². The highest BCUT2D eigenvalue weighted by Crippen LogP contribution is 2.24. The van der Waals surface area contributed by atoms with Gasteiger partial charge in [-0.2, -0.15) is 0 Å². The molecule has 1 aromatic rings. The van der Waals surface area contributed by atoms with Crippen LogP contribution in [0.1, 0.15) is 33.3 Å². The van der Waals surface area contributed by atoms with Gasteiger partial charge in [-0.1, -0.05) is 45.9 Å². The number of sulfonamides is 1. The zero-order valence-electron chi connectivity index (χ0n) is 12.1. The zero-order valence-corrected chi connectivity index (χ0v) is 12.9. The highest BCUT2D eigenvalue weighted by Gasteiger charge is 2.22. The van der Waals surface area contributed by atoms with Crippen LogP contribution in [0.3, 0.4) is 0 Å². The number of anilines is 1. The second-order valence-electron chi connectivity index (χ2n) is 6.07. The van der Waals surface area contributed by atoms with Gasteiger partial charge in [0.25, 0.3) is 0 Å². The van der Waals surface area contributed by atoms with Crippen LogP contribution in [-0.4, -0.2) is 15.0 Å². The lowest BCUT2D eigenvalue weighted by molar-refractivity contribution is 0.263. The molecule has 5 heteroatoms. The van der Waals surface area contributed by atoms with E-state index in [4.69, 9.17) is 5.73 Å². The Kier molecular flexibility index (Phi) is 4.98. The predicted molar refractivity (Wildman–Crippen MR) is 80.1 cm³/mol. The molecule has 0 amide bonds. The summed E-state index contributed by atoms with van der Waals surface area (Å²) < 4.78 is 26.7. The molecule has 3 N–H and O–H groups in total. The summed E-state index contributed by atoms with van der Waals surface area (Å²) in [7, 11) is -3.34. The third-order valence-electron chi connectivity index (χ3n) is 3.49. The van der Waals surface area contributed by atoms with E-state index < -0.39 is 10.0 Å². The van der Waals surface area contributed by atoms with Gasteiger partial charge in [-0.3, -0.25) is 0 Å². The molecule has 0 spiro atoms. The summed E-state index contributed by atoms with van der Waals surface area (Å²) in [5.41, 5.74) is 6.99. The first kappa shape index (κ1) is 16.0. The third kappa shape index (κ3) is 5.20. The van der Waals surface area contributed by atoms with Crippen molar-refractivity contribution in [2.24, 2.45) is 11.3 Å². The van der Waals surface area contributed by atoms with E-state index in [1.54, 1.807) is 24.3 Å². The number of nitrogen functional groups attached to an aromatic ring is 1. The van der Waals surface area contributed by atoms with Gasteiger partial charge in [0, 0.05) is 12.2 Å². The maximum atomic E-state index is 12.0. The predicted octanol–water partition coefficient (Wildman–Crippen LogP) is 2.37. The van der Waals surface area contributed by atoms with Crippen LogP contribution >= 0.6 is 0 Å². The van der Waals surface area contributed by atoms with Gasteiger partial charge >= 0.3 is 0 Å². The fraction of sp³-hybridized carbons (Fsp3) is 0.571. The summed E-state index contributed by atoms with van der Waals surface area (Å²) in [6.07, 6.45) is 0. The van der Waals surface area contributed by atoms with E-state index in [0.29, 0.717) is 17.8 Å². The summed E-state index contributed by atoms with van der Waals surface area (Å²) in [6, 6.07) is 7.03. The zero-order chi connectivity index (χ0) is 14.7. The Bertz CT molecular complexity index is 518. The molecule has 19 heavy (non-hydrogen) atoms. The molecule has 0 heterocycles. The minimum atomic E-state index is -3.34. The van der Waals surface area contributed by atoms with E-state index in [1.807, 2.05) is 6.92 Å². The Morgan fingerprint density at radius 3 is 2.37 bits per heavy atom. The molecule has 1 aromatic carbocycles. The van der Waals surface area contributed by atoms with Gasteiger partial charge in [0.15, 0.2) is 0 Å². The lowest BCUT2D eigenvalue weighted by atomic mass is 9.82. The van der Waals surface area contributed by atoms with Gasteiger partial charge < -0.3 is 5.73 Å². The quantitative estimate of drug-likeness (QED) is 0.815. The van der Waals surface area contributed by atoms with Gasteiger partial charge in [-0.05, 0) is 23.0 Å². The molecule has 1 atom stereocenters. The molecule has 0 fully saturated rings. The molecule has 0 aliphatic carbocycles. The summed E-state index contributed by atoms with van der Waals surface area (Å²) in [5.74, 6) is 0.187. The Hall–Kier alpha value is -1.07. The van der Waals surface area contributed by atoms with Gasteiger partial charge in [0.05, 0.1) is 5.75 Å². The first-order chi connectivity index (χ1) is 8.62. The number of benzene rings is 1. The smallest absolute Gasteiger partial charge is 0.215 e. The van der Waals surface area contributed by atoms with Gasteiger partial charge in [-0.15, -0.1) is 0 Å². The largest absolute Gasteiger partial charge is 0.398 e. The first-order valence-electron chi connectivity index (χ1n) is 6.42. The van der Waals surface area contributed by atoms with E-state index in [1.165, 1.54) is 0 Å². The summed E-state index contributed by atoms with van der Waals surface area (Å²) in [6.45, 7) is 8.78. The first-order valence-corrected chi connectivity index (χ1v) is 8.08. The second-order valence-corrected chi connectivity index (χ2v) is 7.88. The molecule has 0 saturated heterocycles. The van der Waals surface area contributed by atoms with Crippen LogP contribution in [0, 0.1) is 11.3 Å². The lowest BCUT2D eigenvalue weighted by Gasteiger charge is -2.27.